The number of carboxylic acid groups (broad SMARTS) is 1. The number of H-pyrrole nitrogens is 2. The molecule has 118 valence electrons. The minimum Gasteiger partial charge on any atom is -0.480 e. The van der Waals surface area contributed by atoms with Crippen LogP contribution in [0.15, 0.2) is 32.6 Å². The Hall–Kier alpha value is -2.87. The van der Waals surface area contributed by atoms with Gasteiger partial charge >= 0.3 is 5.97 Å². The van der Waals surface area contributed by atoms with Gasteiger partial charge in [0.15, 0.2) is 0 Å². The van der Waals surface area contributed by atoms with E-state index < -0.39 is 33.9 Å². The van der Waals surface area contributed by atoms with E-state index in [4.69, 9.17) is 16.7 Å². The number of fused-ring (bicyclic) bond motifs is 2. The molecule has 2 aromatic heterocycles. The topological polar surface area (TPSA) is 125 Å². The zero-order valence-corrected chi connectivity index (χ0v) is 12.5. The maximum Gasteiger partial charge on any atom is 0.328 e. The van der Waals surface area contributed by atoms with E-state index in [1.165, 1.54) is 25.1 Å². The van der Waals surface area contributed by atoms with Gasteiger partial charge in [-0.05, 0) is 25.1 Å². The van der Waals surface area contributed by atoms with Crippen LogP contribution in [0.25, 0.3) is 21.8 Å². The lowest BCUT2D eigenvalue weighted by atomic mass is 10.1. The van der Waals surface area contributed by atoms with Crippen LogP contribution in [-0.4, -0.2) is 25.8 Å². The number of nitrogens with one attached hydrogen (secondary N) is 2. The van der Waals surface area contributed by atoms with E-state index in [1.54, 1.807) is 0 Å². The van der Waals surface area contributed by atoms with Crippen molar-refractivity contribution in [3.05, 3.63) is 54.2 Å². The van der Waals surface area contributed by atoms with Crippen LogP contribution in [0.5, 0.6) is 0 Å². The van der Waals surface area contributed by atoms with Crippen molar-refractivity contribution in [1.29, 1.82) is 0 Å². The minimum absolute atomic E-state index is 0.180. The van der Waals surface area contributed by atoms with Gasteiger partial charge in [0.05, 0.1) is 5.52 Å². The summed E-state index contributed by atoms with van der Waals surface area (Å²) in [5.74, 6) is -1.31. The summed E-state index contributed by atoms with van der Waals surface area (Å²) in [5.41, 5.74) is -2.22. The molecule has 0 saturated carbocycles. The zero-order chi connectivity index (χ0) is 16.9. The van der Waals surface area contributed by atoms with Gasteiger partial charge < -0.3 is 10.1 Å². The Morgan fingerprint density at radius 3 is 2.65 bits per heavy atom. The van der Waals surface area contributed by atoms with E-state index in [9.17, 15) is 19.2 Å². The maximum absolute atomic E-state index is 12.5. The van der Waals surface area contributed by atoms with Crippen LogP contribution in [0.2, 0.25) is 5.02 Å². The summed E-state index contributed by atoms with van der Waals surface area (Å²) in [6.45, 7) is 1.22. The van der Waals surface area contributed by atoms with Gasteiger partial charge in [-0.2, -0.15) is 0 Å². The van der Waals surface area contributed by atoms with Gasteiger partial charge in [-0.1, -0.05) is 11.6 Å². The molecule has 0 amide bonds. The monoisotopic (exact) mass is 335 g/mol. The van der Waals surface area contributed by atoms with Crippen LogP contribution < -0.4 is 16.5 Å². The van der Waals surface area contributed by atoms with E-state index >= 15 is 0 Å². The fourth-order valence-corrected chi connectivity index (χ4v) is 2.53. The molecular weight excluding hydrogens is 326 g/mol. The Balaban J connectivity index is 2.55. The third kappa shape index (κ3) is 2.23. The van der Waals surface area contributed by atoms with Gasteiger partial charge in [0.2, 0.25) is 5.43 Å². The summed E-state index contributed by atoms with van der Waals surface area (Å²) in [4.78, 5) is 50.9. The Morgan fingerprint density at radius 1 is 1.30 bits per heavy atom. The van der Waals surface area contributed by atoms with Crippen molar-refractivity contribution in [2.75, 3.05) is 0 Å². The Labute approximate surface area is 131 Å². The highest BCUT2D eigenvalue weighted by Gasteiger charge is 2.20. The number of benzene rings is 1. The molecule has 0 aliphatic rings. The van der Waals surface area contributed by atoms with Gasteiger partial charge in [-0.15, -0.1) is 0 Å². The van der Waals surface area contributed by atoms with Gasteiger partial charge in [0.25, 0.3) is 11.1 Å². The van der Waals surface area contributed by atoms with Crippen molar-refractivity contribution < 1.29 is 9.90 Å². The predicted molar refractivity (Wildman–Crippen MR) is 84.3 cm³/mol. The number of halogens is 1. The normalized spacial score (nSPS) is 12.6. The number of hydrogen-bond donors (Lipinski definition) is 3. The molecule has 0 unspecified atom stereocenters. The molecule has 3 rings (SSSR count). The number of carboxylic acids is 1. The lowest BCUT2D eigenvalue weighted by Gasteiger charge is -2.11. The molecule has 0 bridgehead atoms. The average Bonchev–Trinajstić information content (AvgIpc) is 2.49. The molecule has 0 aliphatic heterocycles. The first kappa shape index (κ1) is 15.0. The van der Waals surface area contributed by atoms with Crippen molar-refractivity contribution >= 4 is 39.4 Å². The highest BCUT2D eigenvalue weighted by Crippen LogP contribution is 2.16. The molecule has 0 radical (unpaired) electrons. The van der Waals surface area contributed by atoms with E-state index in [2.05, 4.69) is 10.1 Å². The smallest absolute Gasteiger partial charge is 0.328 e. The first-order valence-corrected chi connectivity index (χ1v) is 6.92. The molecule has 1 aromatic carbocycles. The molecule has 3 aromatic rings. The SMILES string of the molecule is C[C@H](C(=O)O)n1[nH]c(=O)c2[nH]c3cc(Cl)ccc3c(=O)c2c1=O. The highest BCUT2D eigenvalue weighted by molar-refractivity contribution is 6.31. The second kappa shape index (κ2) is 5.10. The van der Waals surface area contributed by atoms with Crippen LogP contribution >= 0.6 is 11.6 Å². The number of rotatable bonds is 2. The molecule has 0 spiro atoms. The van der Waals surface area contributed by atoms with E-state index in [0.717, 1.165) is 0 Å². The molecular formula is C14H10ClN3O5. The second-order valence-electron chi connectivity index (χ2n) is 5.02. The number of aromatic nitrogens is 3. The summed E-state index contributed by atoms with van der Waals surface area (Å²) in [6, 6.07) is 3.06. The number of aromatic amines is 2. The molecule has 8 nitrogen and oxygen atoms in total. The molecule has 2 heterocycles. The Kier molecular flexibility index (Phi) is 3.33. The fourth-order valence-electron chi connectivity index (χ4n) is 2.36. The number of hydrogen-bond acceptors (Lipinski definition) is 4. The lowest BCUT2D eigenvalue weighted by molar-refractivity contribution is -0.140. The van der Waals surface area contributed by atoms with Gasteiger partial charge in [0, 0.05) is 10.4 Å². The minimum atomic E-state index is -1.32. The number of nitrogens with zero attached hydrogens (tertiary/aromatic N) is 1. The van der Waals surface area contributed by atoms with Crippen molar-refractivity contribution in [3.8, 4) is 0 Å². The van der Waals surface area contributed by atoms with Gasteiger partial charge in [0.1, 0.15) is 16.9 Å². The molecule has 0 saturated heterocycles. The first-order valence-electron chi connectivity index (χ1n) is 6.54. The number of carbonyl (C=O) groups is 1. The second-order valence-corrected chi connectivity index (χ2v) is 5.46. The third-order valence-corrected chi connectivity index (χ3v) is 3.82. The summed E-state index contributed by atoms with van der Waals surface area (Å²) in [7, 11) is 0. The van der Waals surface area contributed by atoms with Crippen LogP contribution in [0.4, 0.5) is 0 Å². The molecule has 9 heteroatoms. The summed E-state index contributed by atoms with van der Waals surface area (Å²) < 4.78 is 0.629. The van der Waals surface area contributed by atoms with Crippen molar-refractivity contribution in [3.63, 3.8) is 0 Å². The number of aliphatic carboxylic acids is 1. The summed E-state index contributed by atoms with van der Waals surface area (Å²) in [6.07, 6.45) is 0. The van der Waals surface area contributed by atoms with Crippen molar-refractivity contribution in [1.82, 2.24) is 14.8 Å². The quantitative estimate of drug-likeness (QED) is 0.598. The molecule has 0 fully saturated rings. The highest BCUT2D eigenvalue weighted by atomic mass is 35.5. The van der Waals surface area contributed by atoms with Crippen LogP contribution in [0, 0.1) is 0 Å². The van der Waals surface area contributed by atoms with E-state index in [0.29, 0.717) is 15.2 Å². The standard InChI is InChI=1S/C14H10ClN3O5/c1-5(14(22)23)18-13(21)9-10(12(20)17-18)16-8-4-6(15)2-3-7(8)11(9)19/h2-5H,1H3,(H,16,19)(H,17,20)(H,22,23)/t5-/m1/s1. The van der Waals surface area contributed by atoms with Crippen LogP contribution in [0.1, 0.15) is 13.0 Å². The third-order valence-electron chi connectivity index (χ3n) is 3.59. The van der Waals surface area contributed by atoms with Crippen molar-refractivity contribution in [2.45, 2.75) is 13.0 Å². The molecule has 23 heavy (non-hydrogen) atoms. The maximum atomic E-state index is 12.5. The van der Waals surface area contributed by atoms with Crippen molar-refractivity contribution in [2.24, 2.45) is 0 Å². The Morgan fingerprint density at radius 2 is 2.00 bits per heavy atom. The molecule has 1 atom stereocenters. The molecule has 3 N–H and O–H groups in total. The Bertz CT molecular complexity index is 1140. The largest absolute Gasteiger partial charge is 0.480 e. The number of pyridine rings is 1. The fraction of sp³-hybridized carbons (Fsp3) is 0.143. The van der Waals surface area contributed by atoms with E-state index in [-0.39, 0.29) is 10.9 Å². The predicted octanol–water partition coefficient (Wildman–Crippen LogP) is 0.830. The van der Waals surface area contributed by atoms with E-state index in [1.807, 2.05) is 0 Å². The summed E-state index contributed by atoms with van der Waals surface area (Å²) in [5, 5.41) is 11.3. The van der Waals surface area contributed by atoms with Crippen LogP contribution in [-0.2, 0) is 4.79 Å². The van der Waals surface area contributed by atoms with Crippen LogP contribution in [0.3, 0.4) is 0 Å². The summed E-state index contributed by atoms with van der Waals surface area (Å²) >= 11 is 5.86. The van der Waals surface area contributed by atoms with Gasteiger partial charge in [-0.25, -0.2) is 9.48 Å². The average molecular weight is 336 g/mol. The molecule has 0 aliphatic carbocycles. The first-order chi connectivity index (χ1) is 10.8. The van der Waals surface area contributed by atoms with Gasteiger partial charge in [-0.3, -0.25) is 19.5 Å². The lowest BCUT2D eigenvalue weighted by Crippen LogP contribution is -2.37. The zero-order valence-electron chi connectivity index (χ0n) is 11.7.